The van der Waals surface area contributed by atoms with Crippen LogP contribution in [0.15, 0.2) is 18.2 Å². The van der Waals surface area contributed by atoms with Crippen LogP contribution in [0, 0.1) is 5.41 Å². The lowest BCUT2D eigenvalue weighted by Gasteiger charge is -2.36. The maximum absolute atomic E-state index is 6.13. The summed E-state index contributed by atoms with van der Waals surface area (Å²) >= 11 is 6.13. The number of nitrogens with one attached hydrogen (secondary N) is 1. The van der Waals surface area contributed by atoms with Gasteiger partial charge >= 0.3 is 0 Å². The molecule has 0 saturated heterocycles. The van der Waals surface area contributed by atoms with Crippen LogP contribution in [-0.4, -0.2) is 32.9 Å². The molecule has 0 aliphatic heterocycles. The Hall–Kier alpha value is -0.770. The molecule has 120 valence electrons. The molecule has 0 radical (unpaired) electrons. The molecule has 2 atom stereocenters. The van der Waals surface area contributed by atoms with Gasteiger partial charge in [0.05, 0.1) is 13.2 Å². The molecule has 4 heteroatoms. The zero-order chi connectivity index (χ0) is 16.0. The Bertz CT molecular complexity index is 443. The van der Waals surface area contributed by atoms with Crippen LogP contribution in [0.2, 0.25) is 5.02 Å². The van der Waals surface area contributed by atoms with Gasteiger partial charge in [-0.15, -0.1) is 0 Å². The van der Waals surface area contributed by atoms with Crippen LogP contribution in [0.3, 0.4) is 0 Å². The summed E-state index contributed by atoms with van der Waals surface area (Å²) in [6, 6.07) is 5.94. The lowest BCUT2D eigenvalue weighted by molar-refractivity contribution is -0.0107. The molecule has 2 unspecified atom stereocenters. The minimum absolute atomic E-state index is 0.0490. The molecule has 0 heterocycles. The summed E-state index contributed by atoms with van der Waals surface area (Å²) in [5.74, 6) is 0.867. The van der Waals surface area contributed by atoms with E-state index in [-0.39, 0.29) is 17.6 Å². The molecule has 1 aromatic carbocycles. The van der Waals surface area contributed by atoms with E-state index in [1.165, 1.54) is 0 Å². The average Bonchev–Trinajstić information content (AvgIpc) is 2.38. The molecule has 1 aromatic rings. The summed E-state index contributed by atoms with van der Waals surface area (Å²) in [6.07, 6.45) is 0.911. The minimum atomic E-state index is 0.0490. The Kier molecular flexibility index (Phi) is 6.98. The summed E-state index contributed by atoms with van der Waals surface area (Å²) < 4.78 is 11.2. The molecule has 0 aliphatic rings. The van der Waals surface area contributed by atoms with Gasteiger partial charge in [0.15, 0.2) is 0 Å². The average molecular weight is 314 g/mol. The maximum Gasteiger partial charge on any atom is 0.122 e. The van der Waals surface area contributed by atoms with Crippen LogP contribution >= 0.6 is 11.6 Å². The first-order chi connectivity index (χ1) is 9.83. The van der Waals surface area contributed by atoms with Gasteiger partial charge in [0.1, 0.15) is 5.75 Å². The Morgan fingerprint density at radius 1 is 1.24 bits per heavy atom. The molecule has 0 saturated carbocycles. The summed E-state index contributed by atoms with van der Waals surface area (Å²) in [7, 11) is 3.46. The van der Waals surface area contributed by atoms with Gasteiger partial charge in [0, 0.05) is 18.2 Å². The lowest BCUT2D eigenvalue weighted by atomic mass is 9.82. The normalized spacial score (nSPS) is 14.8. The quantitative estimate of drug-likeness (QED) is 0.827. The van der Waals surface area contributed by atoms with Crippen molar-refractivity contribution in [3.63, 3.8) is 0 Å². The van der Waals surface area contributed by atoms with Crippen molar-refractivity contribution in [1.82, 2.24) is 5.32 Å². The Morgan fingerprint density at radius 3 is 2.38 bits per heavy atom. The molecule has 3 nitrogen and oxygen atoms in total. The zero-order valence-electron chi connectivity index (χ0n) is 14.0. The second-order valence-corrected chi connectivity index (χ2v) is 6.78. The van der Waals surface area contributed by atoms with Gasteiger partial charge in [0.2, 0.25) is 0 Å². The smallest absolute Gasteiger partial charge is 0.122 e. The predicted molar refractivity (Wildman–Crippen MR) is 89.4 cm³/mol. The van der Waals surface area contributed by atoms with Crippen molar-refractivity contribution >= 4 is 11.6 Å². The van der Waals surface area contributed by atoms with Gasteiger partial charge in [-0.25, -0.2) is 0 Å². The third-order valence-corrected chi connectivity index (χ3v) is 3.86. The van der Waals surface area contributed by atoms with Crippen molar-refractivity contribution in [2.75, 3.05) is 20.8 Å². The van der Waals surface area contributed by atoms with E-state index < -0.39 is 0 Å². The second-order valence-electron chi connectivity index (χ2n) is 6.35. The first-order valence-electron chi connectivity index (χ1n) is 7.42. The van der Waals surface area contributed by atoms with Gasteiger partial charge in [-0.3, -0.25) is 0 Å². The number of benzene rings is 1. The van der Waals surface area contributed by atoms with Crippen molar-refractivity contribution in [2.24, 2.45) is 5.41 Å². The van der Waals surface area contributed by atoms with Crippen molar-refractivity contribution < 1.29 is 9.47 Å². The minimum Gasteiger partial charge on any atom is -0.496 e. The van der Waals surface area contributed by atoms with Gasteiger partial charge in [0.25, 0.3) is 0 Å². The van der Waals surface area contributed by atoms with Gasteiger partial charge < -0.3 is 14.8 Å². The molecule has 1 rings (SSSR count). The fourth-order valence-electron chi connectivity index (χ4n) is 2.81. The summed E-state index contributed by atoms with van der Waals surface area (Å²) in [4.78, 5) is 0. The standard InChI is InChI=1S/C17H28ClNO2/c1-7-19-14(16(21-6)17(2,3)4)11-12-10-13(18)8-9-15(12)20-5/h8-10,14,16,19H,7,11H2,1-6H3. The third kappa shape index (κ3) is 5.17. The number of ether oxygens (including phenoxy) is 2. The fourth-order valence-corrected chi connectivity index (χ4v) is 3.01. The summed E-state index contributed by atoms with van der Waals surface area (Å²) in [5.41, 5.74) is 1.15. The number of hydrogen-bond donors (Lipinski definition) is 1. The van der Waals surface area contributed by atoms with Crippen LogP contribution in [0.1, 0.15) is 33.3 Å². The largest absolute Gasteiger partial charge is 0.496 e. The van der Waals surface area contributed by atoms with Crippen molar-refractivity contribution in [1.29, 1.82) is 0 Å². The fraction of sp³-hybridized carbons (Fsp3) is 0.647. The number of likely N-dealkylation sites (N-methyl/N-ethyl adjacent to an activating group) is 1. The van der Waals surface area contributed by atoms with Gasteiger partial charge in [-0.1, -0.05) is 39.3 Å². The second kappa shape index (κ2) is 8.02. The van der Waals surface area contributed by atoms with E-state index in [1.807, 2.05) is 18.2 Å². The van der Waals surface area contributed by atoms with Gasteiger partial charge in [-0.05, 0) is 42.1 Å². The Labute approximate surface area is 134 Å². The Balaban J connectivity index is 3.05. The predicted octanol–water partition coefficient (Wildman–Crippen LogP) is 3.93. The molecule has 1 N–H and O–H groups in total. The molecule has 0 aliphatic carbocycles. The van der Waals surface area contributed by atoms with E-state index >= 15 is 0 Å². The first-order valence-corrected chi connectivity index (χ1v) is 7.79. The van der Waals surface area contributed by atoms with E-state index in [0.717, 1.165) is 29.3 Å². The summed E-state index contributed by atoms with van der Waals surface area (Å²) in [6.45, 7) is 9.59. The number of hydrogen-bond acceptors (Lipinski definition) is 3. The highest BCUT2D eigenvalue weighted by Crippen LogP contribution is 2.29. The van der Waals surface area contributed by atoms with Crippen LogP contribution in [0.5, 0.6) is 5.75 Å². The molecule has 0 aromatic heterocycles. The number of halogens is 1. The van der Waals surface area contributed by atoms with E-state index in [2.05, 4.69) is 33.0 Å². The lowest BCUT2D eigenvalue weighted by Crippen LogP contribution is -2.49. The molecule has 0 spiro atoms. The van der Waals surface area contributed by atoms with Crippen LogP contribution in [0.4, 0.5) is 0 Å². The number of rotatable bonds is 7. The van der Waals surface area contributed by atoms with E-state index in [4.69, 9.17) is 21.1 Å². The zero-order valence-corrected chi connectivity index (χ0v) is 14.8. The molecule has 0 amide bonds. The van der Waals surface area contributed by atoms with Crippen LogP contribution in [0.25, 0.3) is 0 Å². The van der Waals surface area contributed by atoms with E-state index in [0.29, 0.717) is 0 Å². The Morgan fingerprint density at radius 2 is 1.90 bits per heavy atom. The maximum atomic E-state index is 6.13. The molecular weight excluding hydrogens is 286 g/mol. The van der Waals surface area contributed by atoms with Crippen LogP contribution < -0.4 is 10.1 Å². The summed E-state index contributed by atoms with van der Waals surface area (Å²) in [5, 5.41) is 4.26. The van der Waals surface area contributed by atoms with Crippen molar-refractivity contribution in [3.8, 4) is 5.75 Å². The highest BCUT2D eigenvalue weighted by atomic mass is 35.5. The highest BCUT2D eigenvalue weighted by molar-refractivity contribution is 6.30. The monoisotopic (exact) mass is 313 g/mol. The van der Waals surface area contributed by atoms with Crippen molar-refractivity contribution in [2.45, 2.75) is 46.3 Å². The van der Waals surface area contributed by atoms with Crippen molar-refractivity contribution in [3.05, 3.63) is 28.8 Å². The van der Waals surface area contributed by atoms with E-state index in [1.54, 1.807) is 14.2 Å². The van der Waals surface area contributed by atoms with E-state index in [9.17, 15) is 0 Å². The molecule has 0 bridgehead atoms. The number of methoxy groups -OCH3 is 2. The third-order valence-electron chi connectivity index (χ3n) is 3.62. The van der Waals surface area contributed by atoms with Crippen LogP contribution in [-0.2, 0) is 11.2 Å². The molecular formula is C17H28ClNO2. The SMILES string of the molecule is CCNC(Cc1cc(Cl)ccc1OC)C(OC)C(C)(C)C. The first kappa shape index (κ1) is 18.3. The topological polar surface area (TPSA) is 30.5 Å². The van der Waals surface area contributed by atoms with Gasteiger partial charge in [-0.2, -0.15) is 0 Å². The highest BCUT2D eigenvalue weighted by Gasteiger charge is 2.32. The molecule has 21 heavy (non-hydrogen) atoms. The molecule has 0 fully saturated rings.